The molecule has 134 valence electrons. The van der Waals surface area contributed by atoms with Crippen LogP contribution in [0.3, 0.4) is 0 Å². The molecule has 1 aliphatic heterocycles. The zero-order valence-electron chi connectivity index (χ0n) is 15.5. The van der Waals surface area contributed by atoms with E-state index in [9.17, 15) is 0 Å². The van der Waals surface area contributed by atoms with Crippen molar-refractivity contribution in [3.8, 4) is 0 Å². The monoisotopic (exact) mass is 375 g/mol. The summed E-state index contributed by atoms with van der Waals surface area (Å²) in [6.45, 7) is 11.2. The summed E-state index contributed by atoms with van der Waals surface area (Å²) in [5.74, 6) is 0. The molecule has 3 nitrogen and oxygen atoms in total. The van der Waals surface area contributed by atoms with Crippen molar-refractivity contribution in [2.75, 3.05) is 13.1 Å². The Bertz CT molecular complexity index is 790. The van der Waals surface area contributed by atoms with Crippen molar-refractivity contribution in [3.05, 3.63) is 53.3 Å². The van der Waals surface area contributed by atoms with Crippen LogP contribution in [0.4, 0.5) is 5.69 Å². The largest absolute Gasteiger partial charge is 0.265 e. The second kappa shape index (κ2) is 7.23. The minimum absolute atomic E-state index is 0.0239. The second-order valence-electron chi connectivity index (χ2n) is 7.67. The maximum absolute atomic E-state index is 6.39. The molecule has 5 heteroatoms. The molecule has 0 saturated carbocycles. The highest BCUT2D eigenvalue weighted by molar-refractivity contribution is 7.73. The normalized spacial score (nSPS) is 18.1. The van der Waals surface area contributed by atoms with Crippen LogP contribution in [0.25, 0.3) is 0 Å². The van der Waals surface area contributed by atoms with Crippen LogP contribution in [-0.2, 0) is 0 Å². The van der Waals surface area contributed by atoms with E-state index in [0.29, 0.717) is 0 Å². The molecule has 1 unspecified atom stereocenters. The van der Waals surface area contributed by atoms with E-state index < -0.39 is 7.21 Å². The van der Waals surface area contributed by atoms with Gasteiger partial charge in [0, 0.05) is 41.0 Å². The summed E-state index contributed by atoms with van der Waals surface area (Å²) in [5.41, 5.74) is 2.06. The molecular weight excluding hydrogens is 349 g/mol. The van der Waals surface area contributed by atoms with Gasteiger partial charge in [0.15, 0.2) is 0 Å². The Labute approximate surface area is 156 Å². The quantitative estimate of drug-likeness (QED) is 0.614. The summed E-state index contributed by atoms with van der Waals surface area (Å²) in [6.07, 6.45) is 6.27. The van der Waals surface area contributed by atoms with E-state index in [-0.39, 0.29) is 5.16 Å². The molecule has 1 atom stereocenters. The van der Waals surface area contributed by atoms with Gasteiger partial charge in [-0.05, 0) is 49.6 Å². The number of pyridine rings is 1. The molecule has 0 radical (unpaired) electrons. The van der Waals surface area contributed by atoms with Crippen molar-refractivity contribution < 1.29 is 0 Å². The molecule has 1 aromatic heterocycles. The van der Waals surface area contributed by atoms with E-state index in [1.165, 1.54) is 18.1 Å². The SMILES string of the molecule is Cc1ccc(N=P(c2ccncc2)(N2CCCC2)C(C)(C)C)cc1Cl. The number of hydrogen-bond acceptors (Lipinski definition) is 2. The molecular formula is C20H27ClN3P. The third kappa shape index (κ3) is 3.56. The Hall–Kier alpha value is -1.15. The zero-order chi connectivity index (χ0) is 18.1. The number of nitrogens with zero attached hydrogens (tertiary/aromatic N) is 3. The Morgan fingerprint density at radius 1 is 1.08 bits per heavy atom. The van der Waals surface area contributed by atoms with Gasteiger partial charge in [0.05, 0.1) is 12.9 Å². The van der Waals surface area contributed by atoms with Crippen LogP contribution in [0.5, 0.6) is 0 Å². The summed E-state index contributed by atoms with van der Waals surface area (Å²) >= 11 is 6.39. The maximum Gasteiger partial charge on any atom is 0.0720 e. The molecule has 3 rings (SSSR count). The highest BCUT2D eigenvalue weighted by atomic mass is 35.5. The number of hydrogen-bond donors (Lipinski definition) is 0. The highest BCUT2D eigenvalue weighted by Gasteiger charge is 2.42. The van der Waals surface area contributed by atoms with Gasteiger partial charge in [-0.2, -0.15) is 0 Å². The van der Waals surface area contributed by atoms with Crippen molar-refractivity contribution in [2.24, 2.45) is 4.74 Å². The van der Waals surface area contributed by atoms with Crippen molar-refractivity contribution in [1.29, 1.82) is 0 Å². The summed E-state index contributed by atoms with van der Waals surface area (Å²) in [6, 6.07) is 10.5. The molecule has 2 heterocycles. The summed E-state index contributed by atoms with van der Waals surface area (Å²) in [5, 5.41) is 2.11. The minimum atomic E-state index is -1.98. The van der Waals surface area contributed by atoms with Gasteiger partial charge in [-0.3, -0.25) is 9.65 Å². The molecule has 0 N–H and O–H groups in total. The summed E-state index contributed by atoms with van der Waals surface area (Å²) in [4.78, 5) is 4.24. The molecule has 1 aromatic carbocycles. The summed E-state index contributed by atoms with van der Waals surface area (Å²) in [7, 11) is -1.98. The lowest BCUT2D eigenvalue weighted by Gasteiger charge is -2.43. The summed E-state index contributed by atoms with van der Waals surface area (Å²) < 4.78 is 8.08. The van der Waals surface area contributed by atoms with Crippen LogP contribution in [0, 0.1) is 6.92 Å². The van der Waals surface area contributed by atoms with Crippen LogP contribution in [0.1, 0.15) is 39.2 Å². The molecule has 1 aliphatic rings. The van der Waals surface area contributed by atoms with E-state index in [0.717, 1.165) is 29.4 Å². The standard InChI is InChI=1S/C20H27ClN3P/c1-16-7-8-17(15-19(16)21)23-25(20(2,3)4,24-13-5-6-14-24)18-9-11-22-12-10-18/h7-12,15H,5-6,13-14H2,1-4H3. The van der Waals surface area contributed by atoms with Crippen molar-refractivity contribution in [2.45, 2.75) is 45.7 Å². The molecule has 0 amide bonds. The van der Waals surface area contributed by atoms with Crippen LogP contribution in [0.2, 0.25) is 5.02 Å². The van der Waals surface area contributed by atoms with Crippen molar-refractivity contribution in [3.63, 3.8) is 0 Å². The number of rotatable bonds is 3. The lowest BCUT2D eigenvalue weighted by molar-refractivity contribution is 0.538. The molecule has 25 heavy (non-hydrogen) atoms. The zero-order valence-corrected chi connectivity index (χ0v) is 17.2. The average molecular weight is 376 g/mol. The van der Waals surface area contributed by atoms with Gasteiger partial charge in [0.2, 0.25) is 0 Å². The topological polar surface area (TPSA) is 28.5 Å². The fourth-order valence-electron chi connectivity index (χ4n) is 3.60. The Kier molecular flexibility index (Phi) is 5.39. The average Bonchev–Trinajstić information content (AvgIpc) is 3.10. The van der Waals surface area contributed by atoms with Crippen LogP contribution in [-0.4, -0.2) is 27.9 Å². The number of aryl methyl sites for hydroxylation is 1. The smallest absolute Gasteiger partial charge is 0.0720 e. The first-order valence-corrected chi connectivity index (χ1v) is 11.0. The van der Waals surface area contributed by atoms with Crippen LogP contribution >= 0.6 is 18.8 Å². The Balaban J connectivity index is 2.30. The minimum Gasteiger partial charge on any atom is -0.265 e. The van der Waals surface area contributed by atoms with E-state index in [4.69, 9.17) is 16.3 Å². The van der Waals surface area contributed by atoms with Crippen LogP contribution in [0.15, 0.2) is 47.5 Å². The molecule has 0 aliphatic carbocycles. The maximum atomic E-state index is 6.39. The van der Waals surface area contributed by atoms with E-state index in [1.807, 2.05) is 25.4 Å². The number of benzene rings is 1. The van der Waals surface area contributed by atoms with Gasteiger partial charge in [-0.25, -0.2) is 4.74 Å². The van der Waals surface area contributed by atoms with E-state index in [2.05, 4.69) is 54.7 Å². The van der Waals surface area contributed by atoms with Crippen molar-refractivity contribution in [1.82, 2.24) is 9.65 Å². The van der Waals surface area contributed by atoms with E-state index >= 15 is 0 Å². The van der Waals surface area contributed by atoms with Gasteiger partial charge in [-0.1, -0.05) is 38.4 Å². The van der Waals surface area contributed by atoms with Gasteiger partial charge >= 0.3 is 0 Å². The van der Waals surface area contributed by atoms with Crippen molar-refractivity contribution >= 4 is 29.8 Å². The first-order chi connectivity index (χ1) is 11.8. The third-order valence-electron chi connectivity index (χ3n) is 4.87. The fourth-order valence-corrected chi connectivity index (χ4v) is 8.13. The second-order valence-corrected chi connectivity index (χ2v) is 11.9. The fraction of sp³-hybridized carbons (Fsp3) is 0.450. The van der Waals surface area contributed by atoms with Gasteiger partial charge in [0.25, 0.3) is 0 Å². The Morgan fingerprint density at radius 2 is 1.72 bits per heavy atom. The number of aromatic nitrogens is 1. The molecule has 0 bridgehead atoms. The molecule has 1 saturated heterocycles. The van der Waals surface area contributed by atoms with Gasteiger partial charge in [0.1, 0.15) is 0 Å². The lowest BCUT2D eigenvalue weighted by atomic mass is 10.2. The molecule has 1 fully saturated rings. The first kappa shape index (κ1) is 18.6. The van der Waals surface area contributed by atoms with Gasteiger partial charge < -0.3 is 0 Å². The highest BCUT2D eigenvalue weighted by Crippen LogP contribution is 2.64. The van der Waals surface area contributed by atoms with Crippen LogP contribution < -0.4 is 5.30 Å². The lowest BCUT2D eigenvalue weighted by Crippen LogP contribution is -2.35. The van der Waals surface area contributed by atoms with Gasteiger partial charge in [-0.15, -0.1) is 0 Å². The first-order valence-electron chi connectivity index (χ1n) is 8.89. The predicted octanol–water partition coefficient (Wildman–Crippen LogP) is 6.01. The Morgan fingerprint density at radius 3 is 2.28 bits per heavy atom. The molecule has 2 aromatic rings. The third-order valence-corrected chi connectivity index (χ3v) is 9.90. The predicted molar refractivity (Wildman–Crippen MR) is 110 cm³/mol. The molecule has 0 spiro atoms. The van der Waals surface area contributed by atoms with E-state index in [1.54, 1.807) is 0 Å². The number of halogens is 1.